The summed E-state index contributed by atoms with van der Waals surface area (Å²) in [5, 5.41) is 14.5. The lowest BCUT2D eigenvalue weighted by Gasteiger charge is -2.36. The van der Waals surface area contributed by atoms with Gasteiger partial charge in [-0.1, -0.05) is 13.3 Å². The summed E-state index contributed by atoms with van der Waals surface area (Å²) in [4.78, 5) is 24.8. The monoisotopic (exact) mass is 363 g/mol. The molecule has 0 fully saturated rings. The molecule has 2 rings (SSSR count). The zero-order valence-corrected chi connectivity index (χ0v) is 15.3. The third-order valence-electron chi connectivity index (χ3n) is 4.00. The molecule has 0 amide bonds. The lowest BCUT2D eigenvalue weighted by Crippen LogP contribution is -2.46. The van der Waals surface area contributed by atoms with Gasteiger partial charge < -0.3 is 15.0 Å². The summed E-state index contributed by atoms with van der Waals surface area (Å²) in [5.74, 6) is -0.406. The second kappa shape index (κ2) is 8.06. The number of nitro groups is 1. The maximum atomic E-state index is 12.6. The summed E-state index contributed by atoms with van der Waals surface area (Å²) < 4.78 is 5.24. The first-order valence-electron chi connectivity index (χ1n) is 8.09. The molecule has 0 saturated carbocycles. The first kappa shape index (κ1) is 18.9. The molecule has 7 nitrogen and oxygen atoms in total. The number of nitro benzene ring substituents is 1. The minimum Gasteiger partial charge on any atom is -0.463 e. The minimum absolute atomic E-state index is 0.00491. The summed E-state index contributed by atoms with van der Waals surface area (Å²) in [7, 11) is 1.81. The Morgan fingerprint density at radius 1 is 1.36 bits per heavy atom. The van der Waals surface area contributed by atoms with Gasteiger partial charge in [-0.2, -0.15) is 0 Å². The van der Waals surface area contributed by atoms with E-state index in [4.69, 9.17) is 17.0 Å². The second-order valence-electron chi connectivity index (χ2n) is 5.62. The van der Waals surface area contributed by atoms with Crippen LogP contribution in [0.1, 0.15) is 38.3 Å². The molecule has 134 valence electrons. The predicted octanol–water partition coefficient (Wildman–Crippen LogP) is 3.07. The Hall–Kier alpha value is -2.48. The largest absolute Gasteiger partial charge is 0.463 e. The van der Waals surface area contributed by atoms with Gasteiger partial charge in [0.1, 0.15) is 0 Å². The minimum atomic E-state index is -0.495. The summed E-state index contributed by atoms with van der Waals surface area (Å²) in [6, 6.07) is 5.60. The van der Waals surface area contributed by atoms with Crippen LogP contribution in [0, 0.1) is 10.1 Å². The molecular weight excluding hydrogens is 342 g/mol. The molecular formula is C17H21N3O4S. The van der Waals surface area contributed by atoms with Gasteiger partial charge in [0.05, 0.1) is 23.1 Å². The topological polar surface area (TPSA) is 84.7 Å². The number of hydrogen-bond acceptors (Lipinski definition) is 5. The van der Waals surface area contributed by atoms with Crippen molar-refractivity contribution in [2.45, 2.75) is 32.7 Å². The Bertz CT molecular complexity index is 715. The quantitative estimate of drug-likeness (QED) is 0.360. The van der Waals surface area contributed by atoms with Crippen LogP contribution in [0.4, 0.5) is 5.69 Å². The molecule has 1 unspecified atom stereocenters. The van der Waals surface area contributed by atoms with E-state index in [9.17, 15) is 14.9 Å². The van der Waals surface area contributed by atoms with Crippen LogP contribution in [0.15, 0.2) is 35.5 Å². The molecule has 1 heterocycles. The molecule has 0 aromatic heterocycles. The molecule has 25 heavy (non-hydrogen) atoms. The molecule has 0 spiro atoms. The van der Waals surface area contributed by atoms with Crippen molar-refractivity contribution in [2.24, 2.45) is 0 Å². The zero-order chi connectivity index (χ0) is 18.6. The number of carbonyl (C=O) groups is 1. The second-order valence-corrected chi connectivity index (χ2v) is 6.01. The maximum absolute atomic E-state index is 12.6. The number of nitrogens with one attached hydrogen (secondary N) is 1. The van der Waals surface area contributed by atoms with Crippen molar-refractivity contribution < 1.29 is 14.5 Å². The SMILES string of the molecule is CCCC1=C(C(=O)OCC)C(c2ccc([N+](=O)[O-])cc2)NC(=S)N1C. The predicted molar refractivity (Wildman–Crippen MR) is 97.9 cm³/mol. The van der Waals surface area contributed by atoms with Crippen molar-refractivity contribution in [2.75, 3.05) is 13.7 Å². The Morgan fingerprint density at radius 3 is 2.52 bits per heavy atom. The summed E-state index contributed by atoms with van der Waals surface area (Å²) in [5.41, 5.74) is 2.02. The number of nitrogens with zero attached hydrogens (tertiary/aromatic N) is 2. The highest BCUT2D eigenvalue weighted by atomic mass is 32.1. The van der Waals surface area contributed by atoms with Crippen LogP contribution in [0.2, 0.25) is 0 Å². The normalized spacial score (nSPS) is 17.3. The van der Waals surface area contributed by atoms with E-state index in [0.717, 1.165) is 17.7 Å². The highest BCUT2D eigenvalue weighted by molar-refractivity contribution is 7.80. The molecule has 0 radical (unpaired) electrons. The summed E-state index contributed by atoms with van der Waals surface area (Å²) in [6.45, 7) is 4.04. The Balaban J connectivity index is 2.53. The van der Waals surface area contributed by atoms with Crippen LogP contribution in [-0.4, -0.2) is 34.6 Å². The number of hydrogen-bond donors (Lipinski definition) is 1. The van der Waals surface area contributed by atoms with Crippen LogP contribution < -0.4 is 5.32 Å². The lowest BCUT2D eigenvalue weighted by atomic mass is 9.93. The van der Waals surface area contributed by atoms with E-state index < -0.39 is 16.9 Å². The number of carbonyl (C=O) groups excluding carboxylic acids is 1. The molecule has 0 aliphatic carbocycles. The molecule has 1 aromatic carbocycles. The fourth-order valence-electron chi connectivity index (χ4n) is 2.78. The van der Waals surface area contributed by atoms with Crippen molar-refractivity contribution in [1.29, 1.82) is 0 Å². The number of ether oxygens (including phenoxy) is 1. The van der Waals surface area contributed by atoms with Gasteiger partial charge in [0.25, 0.3) is 5.69 Å². The van der Waals surface area contributed by atoms with E-state index in [2.05, 4.69) is 5.32 Å². The maximum Gasteiger partial charge on any atom is 0.338 e. The fraction of sp³-hybridized carbons (Fsp3) is 0.412. The fourth-order valence-corrected chi connectivity index (χ4v) is 3.01. The van der Waals surface area contributed by atoms with E-state index in [-0.39, 0.29) is 12.3 Å². The first-order valence-corrected chi connectivity index (χ1v) is 8.50. The average molecular weight is 363 g/mol. The standard InChI is InChI=1S/C17H21N3O4S/c1-4-6-13-14(16(21)24-5-2)15(18-17(25)19(13)3)11-7-9-12(10-8-11)20(22)23/h7-10,15H,4-6H2,1-3H3,(H,18,25). The Labute approximate surface area is 151 Å². The van der Waals surface area contributed by atoms with Gasteiger partial charge in [0.15, 0.2) is 5.11 Å². The van der Waals surface area contributed by atoms with Gasteiger partial charge in [-0.3, -0.25) is 10.1 Å². The van der Waals surface area contributed by atoms with Crippen molar-refractivity contribution in [3.63, 3.8) is 0 Å². The van der Waals surface area contributed by atoms with Crippen LogP contribution in [0.25, 0.3) is 0 Å². The van der Waals surface area contributed by atoms with E-state index in [1.54, 1.807) is 24.0 Å². The number of esters is 1. The van der Waals surface area contributed by atoms with Gasteiger partial charge >= 0.3 is 5.97 Å². The van der Waals surface area contributed by atoms with Crippen LogP contribution in [-0.2, 0) is 9.53 Å². The number of rotatable bonds is 6. The zero-order valence-electron chi connectivity index (χ0n) is 14.4. The van der Waals surface area contributed by atoms with Crippen LogP contribution >= 0.6 is 12.2 Å². The van der Waals surface area contributed by atoms with Crippen molar-refractivity contribution in [1.82, 2.24) is 10.2 Å². The first-order chi connectivity index (χ1) is 11.9. The van der Waals surface area contributed by atoms with Gasteiger partial charge in [-0.05, 0) is 43.3 Å². The van der Waals surface area contributed by atoms with Crippen LogP contribution in [0.3, 0.4) is 0 Å². The molecule has 0 saturated heterocycles. The molecule has 8 heteroatoms. The summed E-state index contributed by atoms with van der Waals surface area (Å²) in [6.07, 6.45) is 1.52. The van der Waals surface area contributed by atoms with E-state index in [1.807, 2.05) is 14.0 Å². The molecule has 1 aliphatic rings. The molecule has 1 aliphatic heterocycles. The molecule has 1 atom stereocenters. The highest BCUT2D eigenvalue weighted by Crippen LogP contribution is 2.33. The third-order valence-corrected chi connectivity index (χ3v) is 4.39. The molecule has 0 bridgehead atoms. The van der Waals surface area contributed by atoms with Crippen molar-refractivity contribution in [3.8, 4) is 0 Å². The number of allylic oxidation sites excluding steroid dienone is 1. The van der Waals surface area contributed by atoms with E-state index in [1.165, 1.54) is 12.1 Å². The Morgan fingerprint density at radius 2 is 2.00 bits per heavy atom. The lowest BCUT2D eigenvalue weighted by molar-refractivity contribution is -0.384. The number of benzene rings is 1. The number of thiocarbonyl (C=S) groups is 1. The van der Waals surface area contributed by atoms with Crippen LogP contribution in [0.5, 0.6) is 0 Å². The average Bonchev–Trinajstić information content (AvgIpc) is 2.59. The van der Waals surface area contributed by atoms with Crippen molar-refractivity contribution >= 4 is 29.0 Å². The third kappa shape index (κ3) is 3.96. The van der Waals surface area contributed by atoms with Gasteiger partial charge in [0, 0.05) is 24.9 Å². The van der Waals surface area contributed by atoms with Gasteiger partial charge in [0.2, 0.25) is 0 Å². The number of non-ortho nitro benzene ring substituents is 1. The van der Waals surface area contributed by atoms with E-state index >= 15 is 0 Å². The Kier molecular flexibility index (Phi) is 6.08. The molecule has 1 aromatic rings. The smallest absolute Gasteiger partial charge is 0.338 e. The summed E-state index contributed by atoms with van der Waals surface area (Å²) >= 11 is 5.39. The highest BCUT2D eigenvalue weighted by Gasteiger charge is 2.34. The van der Waals surface area contributed by atoms with Gasteiger partial charge in [-0.25, -0.2) is 4.79 Å². The molecule has 1 N–H and O–H groups in total. The van der Waals surface area contributed by atoms with Gasteiger partial charge in [-0.15, -0.1) is 0 Å². The van der Waals surface area contributed by atoms with Crippen molar-refractivity contribution in [3.05, 3.63) is 51.2 Å². The van der Waals surface area contributed by atoms with E-state index in [0.29, 0.717) is 17.1 Å².